The van der Waals surface area contributed by atoms with E-state index < -0.39 is 15.6 Å². The highest BCUT2D eigenvalue weighted by molar-refractivity contribution is 7.91. The molecule has 0 unspecified atom stereocenters. The second-order valence-electron chi connectivity index (χ2n) is 4.46. The molecule has 2 rings (SSSR count). The zero-order valence-corrected chi connectivity index (χ0v) is 12.1. The van der Waals surface area contributed by atoms with Gasteiger partial charge >= 0.3 is 5.76 Å². The second-order valence-corrected chi connectivity index (χ2v) is 6.38. The molecular weight excluding hydrogens is 300 g/mol. The Hall–Kier alpha value is -1.96. The van der Waals surface area contributed by atoms with Crippen LogP contribution in [-0.2, 0) is 23.3 Å². The lowest BCUT2D eigenvalue weighted by Gasteiger charge is -2.08. The van der Waals surface area contributed by atoms with E-state index in [-0.39, 0.29) is 4.90 Å². The van der Waals surface area contributed by atoms with Crippen molar-refractivity contribution in [3.05, 3.63) is 42.5 Å². The van der Waals surface area contributed by atoms with Gasteiger partial charge in [0.1, 0.15) is 5.82 Å². The molecule has 0 fully saturated rings. The van der Waals surface area contributed by atoms with E-state index in [1.54, 1.807) is 6.20 Å². The molecule has 0 aliphatic heterocycles. The third kappa shape index (κ3) is 3.57. The van der Waals surface area contributed by atoms with Gasteiger partial charge in [-0.25, -0.2) is 13.4 Å². The number of alkyl halides is 2. The summed E-state index contributed by atoms with van der Waals surface area (Å²) in [5.41, 5.74) is 0.664. The van der Waals surface area contributed by atoms with Crippen LogP contribution in [0.5, 0.6) is 0 Å². The smallest absolute Gasteiger partial charge is 0.341 e. The summed E-state index contributed by atoms with van der Waals surface area (Å²) in [6.07, 6.45) is 4.25. The number of nitrogens with one attached hydrogen (secondary N) is 1. The molecule has 0 aliphatic carbocycles. The van der Waals surface area contributed by atoms with Crippen LogP contribution in [0.1, 0.15) is 5.82 Å². The number of anilines is 1. The van der Waals surface area contributed by atoms with E-state index in [0.29, 0.717) is 18.7 Å². The van der Waals surface area contributed by atoms with Crippen LogP contribution in [0.2, 0.25) is 0 Å². The summed E-state index contributed by atoms with van der Waals surface area (Å²) in [5.74, 6) is -2.49. The molecule has 2 aromatic rings. The van der Waals surface area contributed by atoms with Gasteiger partial charge in [0.05, 0.1) is 4.90 Å². The minimum absolute atomic E-state index is 0.382. The van der Waals surface area contributed by atoms with E-state index in [2.05, 4.69) is 10.3 Å². The molecule has 0 saturated heterocycles. The van der Waals surface area contributed by atoms with Crippen molar-refractivity contribution in [3.63, 3.8) is 0 Å². The van der Waals surface area contributed by atoms with E-state index >= 15 is 0 Å². The van der Waals surface area contributed by atoms with E-state index in [1.165, 1.54) is 24.3 Å². The molecule has 1 aromatic heterocycles. The van der Waals surface area contributed by atoms with Crippen LogP contribution in [0.25, 0.3) is 0 Å². The first-order valence-corrected chi connectivity index (χ1v) is 7.78. The van der Waals surface area contributed by atoms with E-state index in [1.807, 2.05) is 17.8 Å². The molecule has 0 radical (unpaired) electrons. The Labute approximate surface area is 121 Å². The first-order valence-electron chi connectivity index (χ1n) is 6.23. The summed E-state index contributed by atoms with van der Waals surface area (Å²) < 4.78 is 49.2. The van der Waals surface area contributed by atoms with Gasteiger partial charge in [0, 0.05) is 38.1 Å². The van der Waals surface area contributed by atoms with Crippen LogP contribution in [0.4, 0.5) is 14.5 Å². The molecule has 5 nitrogen and oxygen atoms in total. The van der Waals surface area contributed by atoms with Crippen LogP contribution in [0.15, 0.2) is 41.6 Å². The third-order valence-electron chi connectivity index (χ3n) is 3.02. The monoisotopic (exact) mass is 315 g/mol. The Morgan fingerprint density at radius 2 is 1.95 bits per heavy atom. The minimum Gasteiger partial charge on any atom is -0.385 e. The zero-order valence-electron chi connectivity index (χ0n) is 11.3. The summed E-state index contributed by atoms with van der Waals surface area (Å²) >= 11 is 0. The van der Waals surface area contributed by atoms with Gasteiger partial charge in [0.15, 0.2) is 0 Å². The highest BCUT2D eigenvalue weighted by atomic mass is 32.2. The number of aryl methyl sites for hydroxylation is 1. The fourth-order valence-corrected chi connectivity index (χ4v) is 2.54. The summed E-state index contributed by atoms with van der Waals surface area (Å²) in [6.45, 7) is 0.603. The van der Waals surface area contributed by atoms with Crippen LogP contribution >= 0.6 is 0 Å². The van der Waals surface area contributed by atoms with Gasteiger partial charge in [-0.1, -0.05) is 0 Å². The van der Waals surface area contributed by atoms with Crippen LogP contribution in [-0.4, -0.2) is 30.3 Å². The first-order chi connectivity index (χ1) is 9.91. The zero-order chi connectivity index (χ0) is 15.5. The van der Waals surface area contributed by atoms with Gasteiger partial charge in [0.25, 0.3) is 0 Å². The van der Waals surface area contributed by atoms with Crippen LogP contribution in [0, 0.1) is 0 Å². The summed E-state index contributed by atoms with van der Waals surface area (Å²) in [7, 11) is -2.63. The highest BCUT2D eigenvalue weighted by Gasteiger charge is 2.26. The third-order valence-corrected chi connectivity index (χ3v) is 4.41. The number of hydrogen-bond donors (Lipinski definition) is 1. The normalized spacial score (nSPS) is 11.8. The topological polar surface area (TPSA) is 64.0 Å². The van der Waals surface area contributed by atoms with Gasteiger partial charge in [0.2, 0.25) is 9.84 Å². The van der Waals surface area contributed by atoms with Gasteiger partial charge in [-0.2, -0.15) is 8.78 Å². The molecule has 0 saturated carbocycles. The minimum atomic E-state index is -4.53. The number of imidazole rings is 1. The quantitative estimate of drug-likeness (QED) is 0.886. The molecular formula is C13H15F2N3O2S. The standard InChI is InChI=1S/C13H15F2N3O2S/c1-18-9-8-17-12(18)6-7-16-10-2-4-11(5-3-10)21(19,20)13(14)15/h2-5,8-9,13,16H,6-7H2,1H3. The number of halogens is 2. The van der Waals surface area contributed by atoms with Crippen molar-refractivity contribution in [2.24, 2.45) is 7.05 Å². The van der Waals surface area contributed by atoms with Crippen molar-refractivity contribution >= 4 is 15.5 Å². The van der Waals surface area contributed by atoms with Crippen molar-refractivity contribution in [1.29, 1.82) is 0 Å². The Kier molecular flexibility index (Phi) is 4.56. The lowest BCUT2D eigenvalue weighted by atomic mass is 10.3. The lowest BCUT2D eigenvalue weighted by Crippen LogP contribution is -2.12. The maximum Gasteiger partial charge on any atom is 0.341 e. The number of nitrogens with zero attached hydrogens (tertiary/aromatic N) is 2. The molecule has 0 atom stereocenters. The second kappa shape index (κ2) is 6.21. The average molecular weight is 315 g/mol. The van der Waals surface area contributed by atoms with E-state index in [0.717, 1.165) is 5.82 Å². The molecule has 0 spiro atoms. The van der Waals surface area contributed by atoms with E-state index in [4.69, 9.17) is 0 Å². The maximum absolute atomic E-state index is 12.4. The summed E-state index contributed by atoms with van der Waals surface area (Å²) in [5, 5.41) is 3.08. The SMILES string of the molecule is Cn1ccnc1CCNc1ccc(S(=O)(=O)C(F)F)cc1. The fourth-order valence-electron chi connectivity index (χ4n) is 1.82. The van der Waals surface area contributed by atoms with Crippen molar-refractivity contribution in [2.75, 3.05) is 11.9 Å². The number of benzene rings is 1. The molecule has 0 amide bonds. The van der Waals surface area contributed by atoms with Gasteiger partial charge in [-0.3, -0.25) is 0 Å². The molecule has 21 heavy (non-hydrogen) atoms. The first kappa shape index (κ1) is 15.4. The van der Waals surface area contributed by atoms with Crippen molar-refractivity contribution < 1.29 is 17.2 Å². The highest BCUT2D eigenvalue weighted by Crippen LogP contribution is 2.20. The number of rotatable bonds is 6. The predicted molar refractivity (Wildman–Crippen MR) is 75.0 cm³/mol. The average Bonchev–Trinajstić information content (AvgIpc) is 2.85. The molecule has 1 aromatic carbocycles. The van der Waals surface area contributed by atoms with Crippen molar-refractivity contribution in [2.45, 2.75) is 17.1 Å². The lowest BCUT2D eigenvalue weighted by molar-refractivity contribution is 0.234. The fraction of sp³-hybridized carbons (Fsp3) is 0.308. The molecule has 0 aliphatic rings. The van der Waals surface area contributed by atoms with Gasteiger partial charge in [-0.05, 0) is 24.3 Å². The number of sulfone groups is 1. The molecule has 8 heteroatoms. The summed E-state index contributed by atoms with van der Waals surface area (Å²) in [4.78, 5) is 3.79. The van der Waals surface area contributed by atoms with Crippen LogP contribution < -0.4 is 5.32 Å². The Balaban J connectivity index is 1.96. The Morgan fingerprint density at radius 1 is 1.29 bits per heavy atom. The molecule has 1 N–H and O–H groups in total. The largest absolute Gasteiger partial charge is 0.385 e. The maximum atomic E-state index is 12.4. The van der Waals surface area contributed by atoms with Crippen molar-refractivity contribution in [3.8, 4) is 0 Å². The molecule has 114 valence electrons. The van der Waals surface area contributed by atoms with E-state index in [9.17, 15) is 17.2 Å². The van der Waals surface area contributed by atoms with Crippen LogP contribution in [0.3, 0.4) is 0 Å². The summed E-state index contributed by atoms with van der Waals surface area (Å²) in [6, 6.07) is 5.27. The predicted octanol–water partition coefficient (Wildman–Crippen LogP) is 2.07. The van der Waals surface area contributed by atoms with Crippen molar-refractivity contribution in [1.82, 2.24) is 9.55 Å². The Morgan fingerprint density at radius 3 is 2.48 bits per heavy atom. The number of hydrogen-bond acceptors (Lipinski definition) is 4. The Bertz CT molecular complexity index is 696. The van der Waals surface area contributed by atoms with Gasteiger partial charge in [-0.15, -0.1) is 0 Å². The molecule has 0 bridgehead atoms. The number of aromatic nitrogens is 2. The van der Waals surface area contributed by atoms with Gasteiger partial charge < -0.3 is 9.88 Å². The molecule has 1 heterocycles.